The smallest absolute Gasteiger partial charge is 0.339 e. The first-order valence-corrected chi connectivity index (χ1v) is 10.4. The first-order chi connectivity index (χ1) is 13.1. The number of benzene rings is 2. The topological polar surface area (TPSA) is 84.0 Å². The zero-order chi connectivity index (χ0) is 20.9. The Morgan fingerprint density at radius 3 is 2.14 bits per heavy atom. The van der Waals surface area contributed by atoms with E-state index in [9.17, 15) is 18.0 Å². The monoisotopic (exact) mass is 404 g/mol. The molecule has 2 aromatic rings. The van der Waals surface area contributed by atoms with Crippen LogP contribution in [0.5, 0.6) is 0 Å². The lowest BCUT2D eigenvalue weighted by Crippen LogP contribution is -2.31. The molecule has 0 aliphatic heterocycles. The molecule has 0 unspecified atom stereocenters. The minimum Gasteiger partial charge on any atom is -0.452 e. The van der Waals surface area contributed by atoms with E-state index in [1.807, 2.05) is 43.3 Å². The van der Waals surface area contributed by atoms with Crippen LogP contribution in [0.1, 0.15) is 15.9 Å². The van der Waals surface area contributed by atoms with Gasteiger partial charge in [0.2, 0.25) is 0 Å². The lowest BCUT2D eigenvalue weighted by atomic mass is 10.2. The zero-order valence-corrected chi connectivity index (χ0v) is 17.2. The lowest BCUT2D eigenvalue weighted by molar-refractivity contribution is -0.133. The van der Waals surface area contributed by atoms with Crippen LogP contribution >= 0.6 is 0 Å². The summed E-state index contributed by atoms with van der Waals surface area (Å²) < 4.78 is 28.6. The van der Waals surface area contributed by atoms with Crippen LogP contribution in [-0.2, 0) is 25.9 Å². The van der Waals surface area contributed by atoms with Crippen LogP contribution in [0.3, 0.4) is 0 Å². The first-order valence-electron chi connectivity index (χ1n) is 8.56. The molecular formula is C20H24N2O5S. The molecule has 0 spiro atoms. The molecule has 0 aliphatic rings. The summed E-state index contributed by atoms with van der Waals surface area (Å²) in [5, 5.41) is 0. The highest BCUT2D eigenvalue weighted by atomic mass is 32.2. The molecule has 0 saturated carbocycles. The van der Waals surface area contributed by atoms with E-state index in [-0.39, 0.29) is 16.4 Å². The van der Waals surface area contributed by atoms with Crippen molar-refractivity contribution in [2.45, 2.75) is 11.4 Å². The van der Waals surface area contributed by atoms with Gasteiger partial charge in [-0.2, -0.15) is 0 Å². The van der Waals surface area contributed by atoms with E-state index >= 15 is 0 Å². The minimum absolute atomic E-state index is 0.0836. The van der Waals surface area contributed by atoms with Crippen LogP contribution in [0.2, 0.25) is 0 Å². The van der Waals surface area contributed by atoms with Crippen molar-refractivity contribution in [1.29, 1.82) is 0 Å². The Labute approximate surface area is 165 Å². The molecule has 0 atom stereocenters. The van der Waals surface area contributed by atoms with Crippen LogP contribution in [0.4, 0.5) is 5.69 Å². The van der Waals surface area contributed by atoms with E-state index in [2.05, 4.69) is 0 Å². The van der Waals surface area contributed by atoms with Gasteiger partial charge in [0.05, 0.1) is 10.5 Å². The molecule has 150 valence electrons. The molecule has 8 heteroatoms. The van der Waals surface area contributed by atoms with Crippen LogP contribution < -0.4 is 4.90 Å². The quantitative estimate of drug-likeness (QED) is 0.656. The Kier molecular flexibility index (Phi) is 6.80. The summed E-state index contributed by atoms with van der Waals surface area (Å²) in [6.07, 6.45) is 1.01. The molecule has 2 aromatic carbocycles. The number of anilines is 1. The Hall–Kier alpha value is -2.87. The fourth-order valence-electron chi connectivity index (χ4n) is 2.54. The van der Waals surface area contributed by atoms with Gasteiger partial charge < -0.3 is 14.5 Å². The number of carbonyl (C=O) groups is 2. The van der Waals surface area contributed by atoms with E-state index in [4.69, 9.17) is 4.74 Å². The van der Waals surface area contributed by atoms with Crippen molar-refractivity contribution in [3.63, 3.8) is 0 Å². The van der Waals surface area contributed by atoms with E-state index in [0.717, 1.165) is 17.5 Å². The SMILES string of the molecule is CN(Cc1ccc(N(C)C)cc1)C(=O)COC(=O)c1ccccc1S(C)(=O)=O. The first kappa shape index (κ1) is 21.4. The normalized spacial score (nSPS) is 11.0. The van der Waals surface area contributed by atoms with Gasteiger partial charge in [-0.05, 0) is 29.8 Å². The standard InChI is InChI=1S/C20H24N2O5S/c1-21(2)16-11-9-15(10-12-16)13-22(3)19(23)14-27-20(24)17-7-5-6-8-18(17)28(4,25)26/h5-12H,13-14H2,1-4H3. The summed E-state index contributed by atoms with van der Waals surface area (Å²) in [6, 6.07) is 13.5. The third kappa shape index (κ3) is 5.56. The summed E-state index contributed by atoms with van der Waals surface area (Å²) in [6.45, 7) is -0.104. The molecule has 0 heterocycles. The number of likely N-dealkylation sites (N-methyl/N-ethyl adjacent to an activating group) is 1. The van der Waals surface area contributed by atoms with Crippen LogP contribution in [0, 0.1) is 0 Å². The highest BCUT2D eigenvalue weighted by molar-refractivity contribution is 7.90. The second kappa shape index (κ2) is 8.88. The molecule has 0 N–H and O–H groups in total. The molecule has 2 rings (SSSR count). The molecule has 0 aromatic heterocycles. The zero-order valence-electron chi connectivity index (χ0n) is 16.4. The molecule has 0 saturated heterocycles. The summed E-state index contributed by atoms with van der Waals surface area (Å²) >= 11 is 0. The average molecular weight is 404 g/mol. The fraction of sp³-hybridized carbons (Fsp3) is 0.300. The Bertz CT molecular complexity index is 953. The maximum absolute atomic E-state index is 12.3. The fourth-order valence-corrected chi connectivity index (χ4v) is 3.41. The van der Waals surface area contributed by atoms with Gasteiger partial charge in [0.1, 0.15) is 0 Å². The van der Waals surface area contributed by atoms with E-state index < -0.39 is 22.4 Å². The third-order valence-corrected chi connectivity index (χ3v) is 5.29. The second-order valence-electron chi connectivity index (χ2n) is 6.66. The third-order valence-electron chi connectivity index (χ3n) is 4.13. The Morgan fingerprint density at radius 2 is 1.57 bits per heavy atom. The van der Waals surface area contributed by atoms with Crippen LogP contribution in [0.15, 0.2) is 53.4 Å². The summed E-state index contributed by atoms with van der Waals surface area (Å²) in [5.41, 5.74) is 1.91. The molecule has 0 aliphatic carbocycles. The molecule has 0 fully saturated rings. The largest absolute Gasteiger partial charge is 0.452 e. The predicted molar refractivity (Wildman–Crippen MR) is 107 cm³/mol. The number of amides is 1. The maximum atomic E-state index is 12.3. The molecule has 1 amide bonds. The molecule has 0 bridgehead atoms. The molecular weight excluding hydrogens is 380 g/mol. The van der Waals surface area contributed by atoms with Gasteiger partial charge in [0.25, 0.3) is 5.91 Å². The average Bonchev–Trinajstić information content (AvgIpc) is 2.65. The summed E-state index contributed by atoms with van der Waals surface area (Å²) in [5.74, 6) is -1.24. The van der Waals surface area contributed by atoms with E-state index in [1.165, 1.54) is 29.2 Å². The number of rotatable bonds is 7. The van der Waals surface area contributed by atoms with Crippen LogP contribution in [-0.4, -0.2) is 59.2 Å². The van der Waals surface area contributed by atoms with E-state index in [1.54, 1.807) is 7.05 Å². The number of hydrogen-bond donors (Lipinski definition) is 0. The number of nitrogens with zero attached hydrogens (tertiary/aromatic N) is 2. The van der Waals surface area contributed by atoms with Crippen molar-refractivity contribution < 1.29 is 22.7 Å². The van der Waals surface area contributed by atoms with Crippen molar-refractivity contribution in [2.75, 3.05) is 38.9 Å². The van der Waals surface area contributed by atoms with Gasteiger partial charge in [0.15, 0.2) is 16.4 Å². The van der Waals surface area contributed by atoms with Crippen molar-refractivity contribution >= 4 is 27.4 Å². The van der Waals surface area contributed by atoms with Crippen molar-refractivity contribution in [3.05, 3.63) is 59.7 Å². The number of sulfone groups is 1. The minimum atomic E-state index is -3.58. The van der Waals surface area contributed by atoms with Gasteiger partial charge in [-0.3, -0.25) is 4.79 Å². The maximum Gasteiger partial charge on any atom is 0.339 e. The van der Waals surface area contributed by atoms with E-state index in [0.29, 0.717) is 6.54 Å². The Balaban J connectivity index is 1.97. The number of carbonyl (C=O) groups excluding carboxylic acids is 2. The predicted octanol–water partition coefficient (Wildman–Crippen LogP) is 1.97. The number of ether oxygens (including phenoxy) is 1. The van der Waals surface area contributed by atoms with Crippen LogP contribution in [0.25, 0.3) is 0 Å². The lowest BCUT2D eigenvalue weighted by Gasteiger charge is -2.18. The highest BCUT2D eigenvalue weighted by Crippen LogP contribution is 2.17. The van der Waals surface area contributed by atoms with Gasteiger partial charge in [-0.25, -0.2) is 13.2 Å². The van der Waals surface area contributed by atoms with Gasteiger partial charge in [0, 0.05) is 39.6 Å². The number of esters is 1. The highest BCUT2D eigenvalue weighted by Gasteiger charge is 2.20. The van der Waals surface area contributed by atoms with Gasteiger partial charge >= 0.3 is 5.97 Å². The summed E-state index contributed by atoms with van der Waals surface area (Å²) in [7, 11) is 1.92. The van der Waals surface area contributed by atoms with Crippen molar-refractivity contribution in [1.82, 2.24) is 4.90 Å². The Morgan fingerprint density at radius 1 is 0.964 bits per heavy atom. The second-order valence-corrected chi connectivity index (χ2v) is 8.64. The van der Waals surface area contributed by atoms with Gasteiger partial charge in [-0.1, -0.05) is 24.3 Å². The van der Waals surface area contributed by atoms with Crippen molar-refractivity contribution in [2.24, 2.45) is 0 Å². The van der Waals surface area contributed by atoms with Gasteiger partial charge in [-0.15, -0.1) is 0 Å². The molecule has 28 heavy (non-hydrogen) atoms. The van der Waals surface area contributed by atoms with Crippen molar-refractivity contribution in [3.8, 4) is 0 Å². The molecule has 7 nitrogen and oxygen atoms in total. The molecule has 0 radical (unpaired) electrons. The number of hydrogen-bond acceptors (Lipinski definition) is 6. The summed E-state index contributed by atoms with van der Waals surface area (Å²) in [4.78, 5) is 27.8.